The van der Waals surface area contributed by atoms with E-state index in [0.717, 1.165) is 5.56 Å². The number of carbonyl (C=O) groups excluding carboxylic acids is 1. The third-order valence-electron chi connectivity index (χ3n) is 2.00. The van der Waals surface area contributed by atoms with Crippen molar-refractivity contribution >= 4 is 5.91 Å². The molecule has 0 fully saturated rings. The second kappa shape index (κ2) is 6.79. The van der Waals surface area contributed by atoms with E-state index in [1.165, 1.54) is 0 Å². The molecule has 16 heavy (non-hydrogen) atoms. The predicted molar refractivity (Wildman–Crippen MR) is 63.0 cm³/mol. The number of amides is 1. The van der Waals surface area contributed by atoms with Crippen LogP contribution in [0.25, 0.3) is 0 Å². The minimum absolute atomic E-state index is 0.00859. The van der Waals surface area contributed by atoms with E-state index in [-0.39, 0.29) is 5.91 Å². The SMILES string of the molecule is C=CCNCC(=O)NCCn1cc(C)cn1. The molecule has 0 saturated carbocycles. The molecule has 0 saturated heterocycles. The average Bonchev–Trinajstić information content (AvgIpc) is 2.65. The summed E-state index contributed by atoms with van der Waals surface area (Å²) < 4.78 is 1.81. The van der Waals surface area contributed by atoms with Gasteiger partial charge in [-0.2, -0.15) is 5.10 Å². The zero-order valence-electron chi connectivity index (χ0n) is 9.57. The zero-order valence-corrected chi connectivity index (χ0v) is 9.57. The lowest BCUT2D eigenvalue weighted by Crippen LogP contribution is -2.35. The first kappa shape index (κ1) is 12.4. The van der Waals surface area contributed by atoms with Crippen molar-refractivity contribution in [3.63, 3.8) is 0 Å². The Balaban J connectivity index is 2.10. The molecule has 0 radical (unpaired) electrons. The molecule has 0 aliphatic heterocycles. The first-order valence-electron chi connectivity index (χ1n) is 5.29. The number of hydrogen-bond donors (Lipinski definition) is 2. The molecule has 1 aromatic heterocycles. The first-order chi connectivity index (χ1) is 7.72. The van der Waals surface area contributed by atoms with Crippen molar-refractivity contribution in [3.8, 4) is 0 Å². The van der Waals surface area contributed by atoms with Crippen molar-refractivity contribution in [3.05, 3.63) is 30.6 Å². The van der Waals surface area contributed by atoms with Gasteiger partial charge in [0, 0.05) is 19.3 Å². The molecular weight excluding hydrogens is 204 g/mol. The summed E-state index contributed by atoms with van der Waals surface area (Å²) in [5.41, 5.74) is 1.12. The standard InChI is InChI=1S/C11H18N4O/c1-3-4-12-8-11(16)13-5-6-15-9-10(2)7-14-15/h3,7,9,12H,1,4-6,8H2,2H3,(H,13,16). The highest BCUT2D eigenvalue weighted by Gasteiger charge is 1.99. The maximum Gasteiger partial charge on any atom is 0.234 e. The second-order valence-electron chi connectivity index (χ2n) is 3.55. The highest BCUT2D eigenvalue weighted by Crippen LogP contribution is 1.92. The fourth-order valence-electron chi connectivity index (χ4n) is 1.25. The second-order valence-corrected chi connectivity index (χ2v) is 3.55. The van der Waals surface area contributed by atoms with Crippen LogP contribution >= 0.6 is 0 Å². The van der Waals surface area contributed by atoms with Crippen LogP contribution in [0.15, 0.2) is 25.0 Å². The summed E-state index contributed by atoms with van der Waals surface area (Å²) in [5.74, 6) is -0.00859. The Hall–Kier alpha value is -1.62. The molecule has 0 aliphatic rings. The largest absolute Gasteiger partial charge is 0.353 e. The van der Waals surface area contributed by atoms with Gasteiger partial charge in [0.1, 0.15) is 0 Å². The van der Waals surface area contributed by atoms with Gasteiger partial charge in [-0.3, -0.25) is 9.48 Å². The smallest absolute Gasteiger partial charge is 0.234 e. The van der Waals surface area contributed by atoms with Crippen LogP contribution in [-0.2, 0) is 11.3 Å². The molecule has 5 nitrogen and oxygen atoms in total. The van der Waals surface area contributed by atoms with Crippen LogP contribution < -0.4 is 10.6 Å². The first-order valence-corrected chi connectivity index (χ1v) is 5.29. The normalized spacial score (nSPS) is 10.1. The molecule has 0 aromatic carbocycles. The van der Waals surface area contributed by atoms with Crippen LogP contribution in [-0.4, -0.2) is 35.3 Å². The Kier molecular flexibility index (Phi) is 5.28. The maximum atomic E-state index is 11.3. The Morgan fingerprint density at radius 3 is 3.12 bits per heavy atom. The van der Waals surface area contributed by atoms with Crippen LogP contribution in [0.1, 0.15) is 5.56 Å². The van der Waals surface area contributed by atoms with E-state index in [1.54, 1.807) is 12.3 Å². The molecule has 1 rings (SSSR count). The van der Waals surface area contributed by atoms with E-state index in [1.807, 2.05) is 17.8 Å². The average molecular weight is 222 g/mol. The predicted octanol–water partition coefficient (Wildman–Crippen LogP) is 0.0833. The third-order valence-corrected chi connectivity index (χ3v) is 2.00. The number of hydrogen-bond acceptors (Lipinski definition) is 3. The number of aryl methyl sites for hydroxylation is 1. The van der Waals surface area contributed by atoms with E-state index in [0.29, 0.717) is 26.2 Å². The Bertz CT molecular complexity index is 346. The van der Waals surface area contributed by atoms with Gasteiger partial charge in [0.15, 0.2) is 0 Å². The maximum absolute atomic E-state index is 11.3. The van der Waals surface area contributed by atoms with Crippen molar-refractivity contribution in [1.82, 2.24) is 20.4 Å². The van der Waals surface area contributed by atoms with Gasteiger partial charge in [0.2, 0.25) is 5.91 Å². The molecule has 1 amide bonds. The van der Waals surface area contributed by atoms with Crippen LogP contribution in [0, 0.1) is 6.92 Å². The molecule has 0 unspecified atom stereocenters. The van der Waals surface area contributed by atoms with Gasteiger partial charge in [0.25, 0.3) is 0 Å². The van der Waals surface area contributed by atoms with Gasteiger partial charge in [-0.1, -0.05) is 6.08 Å². The summed E-state index contributed by atoms with van der Waals surface area (Å²) in [6.45, 7) is 7.80. The summed E-state index contributed by atoms with van der Waals surface area (Å²) >= 11 is 0. The van der Waals surface area contributed by atoms with Crippen LogP contribution in [0.2, 0.25) is 0 Å². The lowest BCUT2D eigenvalue weighted by atomic mass is 10.4. The van der Waals surface area contributed by atoms with Gasteiger partial charge >= 0.3 is 0 Å². The topological polar surface area (TPSA) is 59.0 Å². The zero-order chi connectivity index (χ0) is 11.8. The number of carbonyl (C=O) groups is 1. The monoisotopic (exact) mass is 222 g/mol. The Labute approximate surface area is 95.5 Å². The lowest BCUT2D eigenvalue weighted by molar-refractivity contribution is -0.120. The van der Waals surface area contributed by atoms with E-state index >= 15 is 0 Å². The van der Waals surface area contributed by atoms with Crippen LogP contribution in [0.3, 0.4) is 0 Å². The summed E-state index contributed by atoms with van der Waals surface area (Å²) in [7, 11) is 0. The van der Waals surface area contributed by atoms with E-state index in [4.69, 9.17) is 0 Å². The van der Waals surface area contributed by atoms with Crippen molar-refractivity contribution in [2.24, 2.45) is 0 Å². The molecule has 0 bridgehead atoms. The number of aromatic nitrogens is 2. The van der Waals surface area contributed by atoms with Crippen molar-refractivity contribution in [1.29, 1.82) is 0 Å². The highest BCUT2D eigenvalue weighted by atomic mass is 16.1. The molecule has 0 spiro atoms. The van der Waals surface area contributed by atoms with Crippen molar-refractivity contribution in [2.75, 3.05) is 19.6 Å². The quantitative estimate of drug-likeness (QED) is 0.507. The van der Waals surface area contributed by atoms with Gasteiger partial charge < -0.3 is 10.6 Å². The van der Waals surface area contributed by atoms with Crippen molar-refractivity contribution in [2.45, 2.75) is 13.5 Å². The van der Waals surface area contributed by atoms with Gasteiger partial charge in [-0.25, -0.2) is 0 Å². The molecule has 5 heteroatoms. The minimum atomic E-state index is -0.00859. The Morgan fingerprint density at radius 2 is 2.50 bits per heavy atom. The Morgan fingerprint density at radius 1 is 1.69 bits per heavy atom. The molecule has 2 N–H and O–H groups in total. The fraction of sp³-hybridized carbons (Fsp3) is 0.455. The van der Waals surface area contributed by atoms with Gasteiger partial charge in [0.05, 0.1) is 19.3 Å². The summed E-state index contributed by atoms with van der Waals surface area (Å²) in [4.78, 5) is 11.3. The van der Waals surface area contributed by atoms with Crippen molar-refractivity contribution < 1.29 is 4.79 Å². The molecular formula is C11H18N4O. The summed E-state index contributed by atoms with van der Waals surface area (Å²) in [5, 5.41) is 9.86. The van der Waals surface area contributed by atoms with E-state index in [9.17, 15) is 4.79 Å². The lowest BCUT2D eigenvalue weighted by Gasteiger charge is -2.05. The summed E-state index contributed by atoms with van der Waals surface area (Å²) in [6, 6.07) is 0. The number of nitrogens with zero attached hydrogens (tertiary/aromatic N) is 2. The fourth-order valence-corrected chi connectivity index (χ4v) is 1.25. The molecule has 0 aliphatic carbocycles. The highest BCUT2D eigenvalue weighted by molar-refractivity contribution is 5.77. The molecule has 88 valence electrons. The minimum Gasteiger partial charge on any atom is -0.353 e. The van der Waals surface area contributed by atoms with E-state index < -0.39 is 0 Å². The number of nitrogens with one attached hydrogen (secondary N) is 2. The molecule has 0 atom stereocenters. The van der Waals surface area contributed by atoms with Crippen LogP contribution in [0.4, 0.5) is 0 Å². The third kappa shape index (κ3) is 4.75. The molecule has 1 aromatic rings. The van der Waals surface area contributed by atoms with Gasteiger partial charge in [-0.15, -0.1) is 6.58 Å². The molecule has 1 heterocycles. The number of rotatable bonds is 7. The van der Waals surface area contributed by atoms with E-state index in [2.05, 4.69) is 22.3 Å². The summed E-state index contributed by atoms with van der Waals surface area (Å²) in [6.07, 6.45) is 5.47. The van der Waals surface area contributed by atoms with Crippen LogP contribution in [0.5, 0.6) is 0 Å². The van der Waals surface area contributed by atoms with Gasteiger partial charge in [-0.05, 0) is 12.5 Å².